The summed E-state index contributed by atoms with van der Waals surface area (Å²) in [6.07, 6.45) is 8.30. The van der Waals surface area contributed by atoms with E-state index in [1.165, 1.54) is 12.6 Å². The number of ether oxygens (including phenoxy) is 1. The van der Waals surface area contributed by atoms with Crippen LogP contribution < -0.4 is 4.74 Å². The number of pyridine rings is 1. The average molecular weight is 488 g/mol. The summed E-state index contributed by atoms with van der Waals surface area (Å²) in [6, 6.07) is 1.88. The van der Waals surface area contributed by atoms with Gasteiger partial charge in [-0.25, -0.2) is 13.4 Å². The van der Waals surface area contributed by atoms with Gasteiger partial charge in [0.25, 0.3) is 0 Å². The fourth-order valence-electron chi connectivity index (χ4n) is 5.28. The van der Waals surface area contributed by atoms with Crippen LogP contribution in [0, 0.1) is 11.5 Å². The van der Waals surface area contributed by atoms with E-state index in [2.05, 4.69) is 68.0 Å². The Morgan fingerprint density at radius 1 is 1.00 bits per heavy atom. The molecule has 0 aliphatic heterocycles. The Morgan fingerprint density at radius 3 is 2.15 bits per heavy atom. The van der Waals surface area contributed by atoms with E-state index in [-0.39, 0.29) is 11.3 Å². The molecule has 33 heavy (non-hydrogen) atoms. The molecule has 0 N–H and O–H groups in total. The first kappa shape index (κ1) is 25.6. The quantitative estimate of drug-likeness (QED) is 0.295. The van der Waals surface area contributed by atoms with Gasteiger partial charge in [0.1, 0.15) is 14.2 Å². The van der Waals surface area contributed by atoms with Gasteiger partial charge in [0.15, 0.2) is 5.65 Å². The Labute approximate surface area is 199 Å². The molecule has 0 amide bonds. The lowest BCUT2D eigenvalue weighted by atomic mass is 9.98. The number of fused-ring (bicyclic) bond motifs is 1. The zero-order valence-corrected chi connectivity index (χ0v) is 22.8. The lowest BCUT2D eigenvalue weighted by Crippen LogP contribution is -2.43. The van der Waals surface area contributed by atoms with E-state index < -0.39 is 17.9 Å². The predicted molar refractivity (Wildman–Crippen MR) is 136 cm³/mol. The Bertz CT molecular complexity index is 1140. The fourth-order valence-corrected chi connectivity index (χ4v) is 11.0. The van der Waals surface area contributed by atoms with Gasteiger partial charge in [0, 0.05) is 24.1 Å². The summed E-state index contributed by atoms with van der Waals surface area (Å²) in [6.45, 7) is 13.7. The summed E-state index contributed by atoms with van der Waals surface area (Å²) in [4.78, 5) is 12.9. The van der Waals surface area contributed by atoms with Gasteiger partial charge in [0.2, 0.25) is 20.9 Å². The minimum atomic E-state index is -3.55. The summed E-state index contributed by atoms with van der Waals surface area (Å²) >= 11 is 0. The first-order valence-corrected chi connectivity index (χ1v) is 16.1. The highest BCUT2D eigenvalue weighted by atomic mass is 32.2. The van der Waals surface area contributed by atoms with Gasteiger partial charge in [0.05, 0.1) is 5.39 Å². The zero-order chi connectivity index (χ0) is 24.4. The van der Waals surface area contributed by atoms with Crippen molar-refractivity contribution in [1.82, 2.24) is 15.0 Å². The molecule has 1 aliphatic carbocycles. The van der Waals surface area contributed by atoms with Crippen LogP contribution in [0.25, 0.3) is 11.0 Å². The van der Waals surface area contributed by atoms with E-state index in [0.29, 0.717) is 33.5 Å². The molecular weight excluding hydrogens is 450 g/mol. The number of hydrogen-bond donors (Lipinski definition) is 0. The van der Waals surface area contributed by atoms with Crippen molar-refractivity contribution in [3.63, 3.8) is 0 Å². The van der Waals surface area contributed by atoms with Gasteiger partial charge in [-0.1, -0.05) is 53.9 Å². The largest absolute Gasteiger partial charge is 0.474 e. The van der Waals surface area contributed by atoms with E-state index >= 15 is 0 Å². The summed E-state index contributed by atoms with van der Waals surface area (Å²) in [5, 5.41) is 0.427. The second-order valence-electron chi connectivity index (χ2n) is 10.2. The highest BCUT2D eigenvalue weighted by Gasteiger charge is 2.41. The number of sulfone groups is 1. The van der Waals surface area contributed by atoms with Crippen molar-refractivity contribution in [3.8, 4) is 17.3 Å². The minimum Gasteiger partial charge on any atom is -0.474 e. The smallest absolute Gasteiger partial charge is 0.248 e. The van der Waals surface area contributed by atoms with Gasteiger partial charge in [-0.15, -0.1) is 5.54 Å². The molecule has 2 aromatic heterocycles. The first-order chi connectivity index (χ1) is 15.4. The second kappa shape index (κ2) is 10.1. The van der Waals surface area contributed by atoms with Gasteiger partial charge < -0.3 is 4.74 Å². The SMILES string of the molecule is CC(C)[Si](C#Cc1cc(OC2CCCCC2)nc2nc(S(C)(=O)=O)ncc12)(C(C)C)C(C)C. The van der Waals surface area contributed by atoms with Crippen LogP contribution >= 0.6 is 0 Å². The van der Waals surface area contributed by atoms with E-state index in [9.17, 15) is 8.42 Å². The van der Waals surface area contributed by atoms with Crippen molar-refractivity contribution in [2.45, 2.75) is 102 Å². The Balaban J connectivity index is 2.17. The van der Waals surface area contributed by atoms with Crippen LogP contribution in [0.1, 0.15) is 79.2 Å². The van der Waals surface area contributed by atoms with Crippen molar-refractivity contribution in [2.24, 2.45) is 0 Å². The highest BCUT2D eigenvalue weighted by Crippen LogP contribution is 2.41. The maximum Gasteiger partial charge on any atom is 0.248 e. The second-order valence-corrected chi connectivity index (χ2v) is 17.7. The molecule has 1 aliphatic rings. The molecule has 0 saturated heterocycles. The standard InChI is InChI=1S/C25H37N3O3SSi/c1-17(2)33(18(3)4,19(5)6)14-13-20-15-23(31-21-11-9-8-10-12-21)27-24-22(20)16-26-25(28-24)32(7,29)30/h15-19,21H,8-12H2,1-7H3. The molecule has 0 spiro atoms. The van der Waals surface area contributed by atoms with Gasteiger partial charge >= 0.3 is 0 Å². The third-order valence-electron chi connectivity index (χ3n) is 6.97. The molecule has 1 saturated carbocycles. The summed E-state index contributed by atoms with van der Waals surface area (Å²) in [7, 11) is -5.51. The monoisotopic (exact) mass is 487 g/mol. The van der Waals surface area contributed by atoms with E-state index in [1.807, 2.05) is 6.07 Å². The van der Waals surface area contributed by atoms with Gasteiger partial charge in [-0.2, -0.15) is 9.97 Å². The van der Waals surface area contributed by atoms with Crippen LogP contribution in [0.2, 0.25) is 16.6 Å². The van der Waals surface area contributed by atoms with Gasteiger partial charge in [-0.3, -0.25) is 0 Å². The molecule has 3 rings (SSSR count). The molecule has 2 aromatic rings. The predicted octanol–water partition coefficient (Wildman–Crippen LogP) is 5.71. The lowest BCUT2D eigenvalue weighted by molar-refractivity contribution is 0.149. The minimum absolute atomic E-state index is 0.121. The highest BCUT2D eigenvalue weighted by molar-refractivity contribution is 7.90. The molecule has 8 heteroatoms. The molecule has 2 heterocycles. The molecule has 180 valence electrons. The summed E-state index contributed by atoms with van der Waals surface area (Å²) in [5.74, 6) is 3.93. The Kier molecular flexibility index (Phi) is 7.85. The van der Waals surface area contributed by atoms with E-state index in [4.69, 9.17) is 4.74 Å². The Morgan fingerprint density at radius 2 is 1.61 bits per heavy atom. The van der Waals surface area contributed by atoms with Crippen LogP contribution in [0.4, 0.5) is 0 Å². The molecule has 0 aromatic carbocycles. The summed E-state index contributed by atoms with van der Waals surface area (Å²) in [5.41, 5.74) is 6.33. The molecule has 0 radical (unpaired) electrons. The molecule has 1 fully saturated rings. The van der Waals surface area contributed by atoms with E-state index in [1.54, 1.807) is 0 Å². The zero-order valence-electron chi connectivity index (χ0n) is 21.0. The molecule has 0 atom stereocenters. The van der Waals surface area contributed by atoms with Crippen LogP contribution in [-0.2, 0) is 9.84 Å². The van der Waals surface area contributed by atoms with Crippen LogP contribution in [-0.4, -0.2) is 43.8 Å². The van der Waals surface area contributed by atoms with Crippen molar-refractivity contribution < 1.29 is 13.2 Å². The maximum absolute atomic E-state index is 12.0. The maximum atomic E-state index is 12.0. The number of aromatic nitrogens is 3. The number of hydrogen-bond acceptors (Lipinski definition) is 6. The van der Waals surface area contributed by atoms with Crippen molar-refractivity contribution in [1.29, 1.82) is 0 Å². The van der Waals surface area contributed by atoms with Crippen molar-refractivity contribution >= 4 is 28.9 Å². The van der Waals surface area contributed by atoms with E-state index in [0.717, 1.165) is 37.5 Å². The molecule has 6 nitrogen and oxygen atoms in total. The molecular formula is C25H37N3O3SSi. The van der Waals surface area contributed by atoms with Crippen molar-refractivity contribution in [3.05, 3.63) is 17.8 Å². The first-order valence-electron chi connectivity index (χ1n) is 12.0. The number of rotatable bonds is 6. The molecule has 0 bridgehead atoms. The third kappa shape index (κ3) is 5.57. The topological polar surface area (TPSA) is 82.0 Å². The number of nitrogens with zero attached hydrogens (tertiary/aromatic N) is 3. The van der Waals surface area contributed by atoms with Crippen LogP contribution in [0.3, 0.4) is 0 Å². The normalized spacial score (nSPS) is 15.8. The van der Waals surface area contributed by atoms with Crippen molar-refractivity contribution in [2.75, 3.05) is 6.26 Å². The summed E-state index contributed by atoms with van der Waals surface area (Å²) < 4.78 is 30.3. The fraction of sp³-hybridized carbons (Fsp3) is 0.640. The Hall–Kier alpha value is -1.98. The lowest BCUT2D eigenvalue weighted by Gasteiger charge is -2.38. The average Bonchev–Trinajstić information content (AvgIpc) is 2.73. The van der Waals surface area contributed by atoms with Crippen LogP contribution in [0.5, 0.6) is 5.88 Å². The molecule has 0 unspecified atom stereocenters. The third-order valence-corrected chi connectivity index (χ3v) is 14.1. The van der Waals surface area contributed by atoms with Crippen LogP contribution in [0.15, 0.2) is 17.4 Å². The van der Waals surface area contributed by atoms with Gasteiger partial charge in [-0.05, 0) is 42.3 Å².